The van der Waals surface area contributed by atoms with Gasteiger partial charge < -0.3 is 5.73 Å². The second-order valence-corrected chi connectivity index (χ2v) is 5.17. The lowest BCUT2D eigenvalue weighted by molar-refractivity contribution is 0.339. The molecule has 0 bridgehead atoms. The van der Waals surface area contributed by atoms with E-state index >= 15 is 0 Å². The van der Waals surface area contributed by atoms with E-state index in [1.54, 1.807) is 0 Å². The first-order valence-corrected chi connectivity index (χ1v) is 6.71. The van der Waals surface area contributed by atoms with Crippen molar-refractivity contribution in [1.82, 2.24) is 14.6 Å². The molecule has 0 amide bonds. The first-order valence-electron chi connectivity index (χ1n) is 6.71. The van der Waals surface area contributed by atoms with Gasteiger partial charge in [0.05, 0.1) is 0 Å². The van der Waals surface area contributed by atoms with Gasteiger partial charge in [0.25, 0.3) is 0 Å². The van der Waals surface area contributed by atoms with E-state index in [9.17, 15) is 0 Å². The molecule has 98 valence electrons. The van der Waals surface area contributed by atoms with Crippen molar-refractivity contribution in [1.29, 1.82) is 0 Å². The average Bonchev–Trinajstić information content (AvgIpc) is 2.77. The van der Waals surface area contributed by atoms with Gasteiger partial charge in [0.2, 0.25) is 0 Å². The van der Waals surface area contributed by atoms with Crippen LogP contribution in [0.3, 0.4) is 0 Å². The van der Waals surface area contributed by atoms with E-state index in [0.717, 1.165) is 37.3 Å². The summed E-state index contributed by atoms with van der Waals surface area (Å²) < 4.78 is 2.07. The number of hydrogen-bond donors (Lipinski definition) is 1. The summed E-state index contributed by atoms with van der Waals surface area (Å²) in [4.78, 5) is 0. The van der Waals surface area contributed by atoms with E-state index in [-0.39, 0.29) is 0 Å². The summed E-state index contributed by atoms with van der Waals surface area (Å²) in [7, 11) is 0. The Morgan fingerprint density at radius 3 is 2.78 bits per heavy atom. The van der Waals surface area contributed by atoms with Crippen molar-refractivity contribution in [2.45, 2.75) is 33.1 Å². The fourth-order valence-corrected chi connectivity index (χ4v) is 2.40. The van der Waals surface area contributed by atoms with E-state index in [1.807, 2.05) is 24.4 Å². The normalized spacial score (nSPS) is 13.3. The van der Waals surface area contributed by atoms with Crippen molar-refractivity contribution in [3.05, 3.63) is 30.2 Å². The molecule has 0 radical (unpaired) electrons. The Labute approximate surface area is 108 Å². The molecule has 4 nitrogen and oxygen atoms in total. The Hall–Kier alpha value is -1.42. The van der Waals surface area contributed by atoms with Gasteiger partial charge in [0.1, 0.15) is 5.82 Å². The third-order valence-corrected chi connectivity index (χ3v) is 3.60. The number of fused-ring (bicyclic) bond motifs is 1. The lowest BCUT2D eigenvalue weighted by atomic mass is 9.88. The average molecular weight is 246 g/mol. The van der Waals surface area contributed by atoms with Crippen LogP contribution < -0.4 is 5.73 Å². The fourth-order valence-electron chi connectivity index (χ4n) is 2.40. The first-order chi connectivity index (χ1) is 8.72. The molecule has 18 heavy (non-hydrogen) atoms. The maximum atomic E-state index is 5.67. The summed E-state index contributed by atoms with van der Waals surface area (Å²) in [6, 6.07) is 5.98. The van der Waals surface area contributed by atoms with E-state index in [2.05, 4.69) is 28.4 Å². The number of aromatic nitrogens is 3. The molecule has 0 saturated heterocycles. The van der Waals surface area contributed by atoms with Crippen molar-refractivity contribution in [3.63, 3.8) is 0 Å². The third kappa shape index (κ3) is 2.88. The topological polar surface area (TPSA) is 56.2 Å². The predicted molar refractivity (Wildman–Crippen MR) is 73.3 cm³/mol. The lowest BCUT2D eigenvalue weighted by Crippen LogP contribution is -2.15. The number of nitrogens with zero attached hydrogens (tertiary/aromatic N) is 3. The largest absolute Gasteiger partial charge is 0.330 e. The van der Waals surface area contributed by atoms with Gasteiger partial charge in [-0.15, -0.1) is 10.2 Å². The minimum Gasteiger partial charge on any atom is -0.330 e. The summed E-state index contributed by atoms with van der Waals surface area (Å²) in [5.41, 5.74) is 6.60. The van der Waals surface area contributed by atoms with Crippen LogP contribution in [0.2, 0.25) is 0 Å². The van der Waals surface area contributed by atoms with Crippen molar-refractivity contribution in [2.24, 2.45) is 17.6 Å². The zero-order valence-corrected chi connectivity index (χ0v) is 11.2. The zero-order chi connectivity index (χ0) is 13.0. The van der Waals surface area contributed by atoms with Crippen LogP contribution in [-0.4, -0.2) is 21.1 Å². The van der Waals surface area contributed by atoms with Crippen molar-refractivity contribution in [3.8, 4) is 0 Å². The Bertz CT molecular complexity index is 489. The van der Waals surface area contributed by atoms with E-state index in [4.69, 9.17) is 5.73 Å². The second-order valence-electron chi connectivity index (χ2n) is 5.17. The predicted octanol–water partition coefficient (Wildman–Crippen LogP) is 2.28. The minimum atomic E-state index is 0.672. The van der Waals surface area contributed by atoms with Crippen LogP contribution in [0, 0.1) is 11.8 Å². The van der Waals surface area contributed by atoms with Gasteiger partial charge in [-0.2, -0.15) is 0 Å². The molecule has 2 N–H and O–H groups in total. The van der Waals surface area contributed by atoms with Gasteiger partial charge in [-0.25, -0.2) is 0 Å². The van der Waals surface area contributed by atoms with E-state index in [0.29, 0.717) is 11.8 Å². The SMILES string of the molecule is CC(C)C(CCN)CCc1nnc2ccccn12. The Kier molecular flexibility index (Phi) is 4.31. The third-order valence-electron chi connectivity index (χ3n) is 3.60. The van der Waals surface area contributed by atoms with Crippen LogP contribution in [0.5, 0.6) is 0 Å². The molecule has 0 aliphatic heterocycles. The molecule has 0 aromatic carbocycles. The zero-order valence-electron chi connectivity index (χ0n) is 11.2. The monoisotopic (exact) mass is 246 g/mol. The summed E-state index contributed by atoms with van der Waals surface area (Å²) in [5, 5.41) is 8.44. The molecule has 0 aliphatic rings. The van der Waals surface area contributed by atoms with Crippen LogP contribution in [0.4, 0.5) is 0 Å². The van der Waals surface area contributed by atoms with Crippen LogP contribution in [0.15, 0.2) is 24.4 Å². The quantitative estimate of drug-likeness (QED) is 0.850. The maximum Gasteiger partial charge on any atom is 0.160 e. The van der Waals surface area contributed by atoms with Gasteiger partial charge in [-0.1, -0.05) is 19.9 Å². The number of hydrogen-bond acceptors (Lipinski definition) is 3. The van der Waals surface area contributed by atoms with Gasteiger partial charge in [0, 0.05) is 12.6 Å². The number of nitrogens with two attached hydrogens (primary N) is 1. The highest BCUT2D eigenvalue weighted by Crippen LogP contribution is 2.20. The fraction of sp³-hybridized carbons (Fsp3) is 0.571. The number of pyridine rings is 1. The van der Waals surface area contributed by atoms with Gasteiger partial charge >= 0.3 is 0 Å². The summed E-state index contributed by atoms with van der Waals surface area (Å²) in [6.07, 6.45) is 5.21. The molecule has 2 rings (SSSR count). The van der Waals surface area contributed by atoms with E-state index in [1.165, 1.54) is 0 Å². The molecular formula is C14H22N4. The Morgan fingerprint density at radius 2 is 2.06 bits per heavy atom. The molecule has 4 heteroatoms. The summed E-state index contributed by atoms with van der Waals surface area (Å²) in [6.45, 7) is 5.30. The second kappa shape index (κ2) is 5.96. The highest BCUT2D eigenvalue weighted by molar-refractivity contribution is 5.36. The smallest absolute Gasteiger partial charge is 0.160 e. The minimum absolute atomic E-state index is 0.672. The van der Waals surface area contributed by atoms with Gasteiger partial charge in [0.15, 0.2) is 5.65 Å². The van der Waals surface area contributed by atoms with Crippen LogP contribution in [0.25, 0.3) is 5.65 Å². The maximum absolute atomic E-state index is 5.67. The van der Waals surface area contributed by atoms with Gasteiger partial charge in [-0.3, -0.25) is 4.40 Å². The Balaban J connectivity index is 2.05. The van der Waals surface area contributed by atoms with Crippen molar-refractivity contribution < 1.29 is 0 Å². The molecule has 0 fully saturated rings. The summed E-state index contributed by atoms with van der Waals surface area (Å²) in [5.74, 6) is 2.40. The van der Waals surface area contributed by atoms with Crippen LogP contribution in [0.1, 0.15) is 32.5 Å². The molecule has 0 spiro atoms. The molecule has 0 aliphatic carbocycles. The van der Waals surface area contributed by atoms with Crippen LogP contribution in [-0.2, 0) is 6.42 Å². The summed E-state index contributed by atoms with van der Waals surface area (Å²) >= 11 is 0. The first kappa shape index (κ1) is 13.0. The highest BCUT2D eigenvalue weighted by Gasteiger charge is 2.14. The molecular weight excluding hydrogens is 224 g/mol. The van der Waals surface area contributed by atoms with Crippen molar-refractivity contribution >= 4 is 5.65 Å². The Morgan fingerprint density at radius 1 is 1.22 bits per heavy atom. The molecule has 2 heterocycles. The van der Waals surface area contributed by atoms with Crippen molar-refractivity contribution in [2.75, 3.05) is 6.54 Å². The van der Waals surface area contributed by atoms with Gasteiger partial charge in [-0.05, 0) is 43.4 Å². The molecule has 1 atom stereocenters. The number of aryl methyl sites for hydroxylation is 1. The highest BCUT2D eigenvalue weighted by atomic mass is 15.2. The molecule has 2 aromatic rings. The lowest BCUT2D eigenvalue weighted by Gasteiger charge is -2.19. The van der Waals surface area contributed by atoms with Crippen LogP contribution >= 0.6 is 0 Å². The molecule has 2 aromatic heterocycles. The standard InChI is InChI=1S/C14H22N4/c1-11(2)12(8-9-15)6-7-14-17-16-13-5-3-4-10-18(13)14/h3-5,10-12H,6-9,15H2,1-2H3. The van der Waals surface area contributed by atoms with E-state index < -0.39 is 0 Å². The molecule has 1 unspecified atom stereocenters. The number of rotatable bonds is 6. The molecule has 0 saturated carbocycles.